The van der Waals surface area contributed by atoms with Crippen molar-refractivity contribution in [3.05, 3.63) is 60.2 Å². The standard InChI is InChI=1S/C18H20N2O4/c1-18(23,13-6-4-3-5-7-13)12-19-16(21)17(22)20-14-8-10-15(24-2)11-9-14/h3-11,23H,12H2,1-2H3,(H,19,21)(H,20,22). The van der Waals surface area contributed by atoms with Gasteiger partial charge < -0.3 is 20.5 Å². The van der Waals surface area contributed by atoms with E-state index in [1.807, 2.05) is 6.07 Å². The Bertz CT molecular complexity index is 697. The normalized spacial score (nSPS) is 12.8. The van der Waals surface area contributed by atoms with Gasteiger partial charge in [0.15, 0.2) is 0 Å². The maximum atomic E-state index is 11.9. The molecule has 1 atom stereocenters. The summed E-state index contributed by atoms with van der Waals surface area (Å²) in [5.41, 5.74) is -0.135. The molecule has 2 amide bonds. The SMILES string of the molecule is COc1ccc(NC(=O)C(=O)NCC(C)(O)c2ccccc2)cc1. The Labute approximate surface area is 140 Å². The van der Waals surface area contributed by atoms with E-state index < -0.39 is 17.4 Å². The summed E-state index contributed by atoms with van der Waals surface area (Å²) in [6.07, 6.45) is 0. The molecule has 0 bridgehead atoms. The van der Waals surface area contributed by atoms with Gasteiger partial charge in [0.2, 0.25) is 0 Å². The number of ether oxygens (including phenoxy) is 1. The van der Waals surface area contributed by atoms with Crippen molar-refractivity contribution >= 4 is 17.5 Å². The van der Waals surface area contributed by atoms with Gasteiger partial charge in [-0.25, -0.2) is 0 Å². The zero-order valence-corrected chi connectivity index (χ0v) is 13.6. The summed E-state index contributed by atoms with van der Waals surface area (Å²) in [7, 11) is 1.54. The quantitative estimate of drug-likeness (QED) is 0.729. The molecule has 0 saturated carbocycles. The highest BCUT2D eigenvalue weighted by molar-refractivity contribution is 6.39. The molecular weight excluding hydrogens is 308 g/mol. The van der Waals surface area contributed by atoms with Crippen LogP contribution in [0.2, 0.25) is 0 Å². The minimum Gasteiger partial charge on any atom is -0.497 e. The summed E-state index contributed by atoms with van der Waals surface area (Å²) < 4.78 is 5.02. The van der Waals surface area contributed by atoms with E-state index in [1.165, 1.54) is 0 Å². The second-order valence-electron chi connectivity index (χ2n) is 5.51. The number of benzene rings is 2. The first-order valence-corrected chi connectivity index (χ1v) is 7.43. The van der Waals surface area contributed by atoms with Gasteiger partial charge in [-0.2, -0.15) is 0 Å². The van der Waals surface area contributed by atoms with Crippen LogP contribution in [0, 0.1) is 0 Å². The molecule has 0 aromatic heterocycles. The zero-order valence-electron chi connectivity index (χ0n) is 13.6. The Balaban J connectivity index is 1.90. The first-order valence-electron chi connectivity index (χ1n) is 7.43. The molecule has 0 aliphatic carbocycles. The Hall–Kier alpha value is -2.86. The summed E-state index contributed by atoms with van der Waals surface area (Å²) in [6, 6.07) is 15.5. The highest BCUT2D eigenvalue weighted by Gasteiger charge is 2.25. The lowest BCUT2D eigenvalue weighted by Gasteiger charge is -2.24. The Morgan fingerprint density at radius 3 is 2.25 bits per heavy atom. The number of hydrogen-bond donors (Lipinski definition) is 3. The van der Waals surface area contributed by atoms with Crippen LogP contribution in [0.5, 0.6) is 5.75 Å². The molecule has 0 aliphatic rings. The molecule has 0 spiro atoms. The zero-order chi connectivity index (χ0) is 17.6. The molecule has 0 heterocycles. The Morgan fingerprint density at radius 2 is 1.67 bits per heavy atom. The molecule has 6 heteroatoms. The van der Waals surface area contributed by atoms with Crippen LogP contribution in [0.1, 0.15) is 12.5 Å². The topological polar surface area (TPSA) is 87.7 Å². The number of nitrogens with one attached hydrogen (secondary N) is 2. The van der Waals surface area contributed by atoms with E-state index in [2.05, 4.69) is 10.6 Å². The molecule has 0 fully saturated rings. The second-order valence-corrected chi connectivity index (χ2v) is 5.51. The highest BCUT2D eigenvalue weighted by atomic mass is 16.5. The Kier molecular flexibility index (Phi) is 5.55. The fraction of sp³-hybridized carbons (Fsp3) is 0.222. The van der Waals surface area contributed by atoms with Crippen molar-refractivity contribution in [2.24, 2.45) is 0 Å². The van der Waals surface area contributed by atoms with Crippen molar-refractivity contribution < 1.29 is 19.4 Å². The molecule has 2 rings (SSSR count). The van der Waals surface area contributed by atoms with Crippen molar-refractivity contribution in [3.8, 4) is 5.75 Å². The fourth-order valence-electron chi connectivity index (χ4n) is 2.09. The molecule has 126 valence electrons. The smallest absolute Gasteiger partial charge is 0.313 e. The minimum absolute atomic E-state index is 0.0775. The lowest BCUT2D eigenvalue weighted by atomic mass is 9.96. The third kappa shape index (κ3) is 4.57. The van der Waals surface area contributed by atoms with Gasteiger partial charge in [0, 0.05) is 5.69 Å². The van der Waals surface area contributed by atoms with Crippen LogP contribution in [0.4, 0.5) is 5.69 Å². The number of carbonyl (C=O) groups excluding carboxylic acids is 2. The van der Waals surface area contributed by atoms with E-state index in [4.69, 9.17) is 4.74 Å². The van der Waals surface area contributed by atoms with E-state index in [9.17, 15) is 14.7 Å². The molecule has 24 heavy (non-hydrogen) atoms. The highest BCUT2D eigenvalue weighted by Crippen LogP contribution is 2.19. The summed E-state index contributed by atoms with van der Waals surface area (Å²) >= 11 is 0. The molecular formula is C18H20N2O4. The lowest BCUT2D eigenvalue weighted by Crippen LogP contribution is -2.43. The van der Waals surface area contributed by atoms with Gasteiger partial charge in [-0.05, 0) is 36.8 Å². The molecule has 1 unspecified atom stereocenters. The van der Waals surface area contributed by atoms with Gasteiger partial charge in [-0.3, -0.25) is 9.59 Å². The predicted molar refractivity (Wildman–Crippen MR) is 90.6 cm³/mol. The first-order chi connectivity index (χ1) is 11.4. The molecule has 0 aliphatic heterocycles. The van der Waals surface area contributed by atoms with Gasteiger partial charge in [-0.1, -0.05) is 30.3 Å². The average Bonchev–Trinajstić information content (AvgIpc) is 2.61. The van der Waals surface area contributed by atoms with Gasteiger partial charge in [0.25, 0.3) is 0 Å². The number of methoxy groups -OCH3 is 1. The van der Waals surface area contributed by atoms with Gasteiger partial charge >= 0.3 is 11.8 Å². The lowest BCUT2D eigenvalue weighted by molar-refractivity contribution is -0.136. The van der Waals surface area contributed by atoms with Crippen molar-refractivity contribution in [3.63, 3.8) is 0 Å². The molecule has 6 nitrogen and oxygen atoms in total. The van der Waals surface area contributed by atoms with Crippen LogP contribution in [-0.4, -0.2) is 30.6 Å². The monoisotopic (exact) mass is 328 g/mol. The largest absolute Gasteiger partial charge is 0.497 e. The van der Waals surface area contributed by atoms with Crippen LogP contribution in [0.3, 0.4) is 0 Å². The fourth-order valence-corrected chi connectivity index (χ4v) is 2.09. The third-order valence-corrected chi connectivity index (χ3v) is 3.54. The van der Waals surface area contributed by atoms with E-state index in [-0.39, 0.29) is 6.54 Å². The van der Waals surface area contributed by atoms with Crippen LogP contribution in [0.25, 0.3) is 0 Å². The van der Waals surface area contributed by atoms with Gasteiger partial charge in [0.1, 0.15) is 11.4 Å². The first kappa shape index (κ1) is 17.5. The van der Waals surface area contributed by atoms with E-state index in [1.54, 1.807) is 62.6 Å². The summed E-state index contributed by atoms with van der Waals surface area (Å²) in [5.74, 6) is -0.970. The minimum atomic E-state index is -1.27. The maximum absolute atomic E-state index is 11.9. The van der Waals surface area contributed by atoms with Crippen LogP contribution >= 0.6 is 0 Å². The number of carbonyl (C=O) groups is 2. The predicted octanol–water partition coefficient (Wildman–Crippen LogP) is 1.66. The van der Waals surface area contributed by atoms with E-state index in [0.29, 0.717) is 17.0 Å². The van der Waals surface area contributed by atoms with Crippen molar-refractivity contribution in [1.29, 1.82) is 0 Å². The second kappa shape index (κ2) is 7.61. The maximum Gasteiger partial charge on any atom is 0.313 e. The van der Waals surface area contributed by atoms with Crippen LogP contribution in [-0.2, 0) is 15.2 Å². The molecule has 3 N–H and O–H groups in total. The van der Waals surface area contributed by atoms with Crippen molar-refractivity contribution in [2.45, 2.75) is 12.5 Å². The third-order valence-electron chi connectivity index (χ3n) is 3.54. The van der Waals surface area contributed by atoms with E-state index in [0.717, 1.165) is 0 Å². The number of anilines is 1. The number of amides is 2. The van der Waals surface area contributed by atoms with Crippen molar-refractivity contribution in [1.82, 2.24) is 5.32 Å². The molecule has 2 aromatic carbocycles. The summed E-state index contributed by atoms with van der Waals surface area (Å²) in [5, 5.41) is 15.3. The number of rotatable bonds is 5. The molecule has 0 radical (unpaired) electrons. The van der Waals surface area contributed by atoms with Gasteiger partial charge in [-0.15, -0.1) is 0 Å². The molecule has 2 aromatic rings. The summed E-state index contributed by atoms with van der Waals surface area (Å²) in [6.45, 7) is 1.50. The van der Waals surface area contributed by atoms with Gasteiger partial charge in [0.05, 0.1) is 13.7 Å². The van der Waals surface area contributed by atoms with Crippen LogP contribution in [0.15, 0.2) is 54.6 Å². The number of hydrogen-bond acceptors (Lipinski definition) is 4. The number of aliphatic hydroxyl groups is 1. The average molecular weight is 328 g/mol. The van der Waals surface area contributed by atoms with Crippen molar-refractivity contribution in [2.75, 3.05) is 19.0 Å². The van der Waals surface area contributed by atoms with E-state index >= 15 is 0 Å². The van der Waals surface area contributed by atoms with Crippen LogP contribution < -0.4 is 15.4 Å². The molecule has 0 saturated heterocycles. The Morgan fingerprint density at radius 1 is 1.04 bits per heavy atom. The summed E-state index contributed by atoms with van der Waals surface area (Å²) in [4.78, 5) is 23.8.